The summed E-state index contributed by atoms with van der Waals surface area (Å²) >= 11 is 0. The van der Waals surface area contributed by atoms with Crippen molar-refractivity contribution in [3.8, 4) is 0 Å². The van der Waals surface area contributed by atoms with Crippen LogP contribution in [-0.4, -0.2) is 29.0 Å². The molecule has 2 rings (SSSR count). The van der Waals surface area contributed by atoms with Gasteiger partial charge in [-0.25, -0.2) is 9.97 Å². The van der Waals surface area contributed by atoms with E-state index in [9.17, 15) is 4.79 Å². The molecule has 2 aromatic rings. The number of nitrogens with two attached hydrogens (primary N) is 1. The molecule has 0 aliphatic carbocycles. The van der Waals surface area contributed by atoms with E-state index >= 15 is 0 Å². The average Bonchev–Trinajstić information content (AvgIpc) is 2.57. The Morgan fingerprint density at radius 1 is 1.17 bits per heavy atom. The van der Waals surface area contributed by atoms with Gasteiger partial charge in [-0.2, -0.15) is 0 Å². The molecule has 7 heteroatoms. The number of nitrogens with one attached hydrogen (secondary N) is 2. The number of amides is 1. The number of hydrazine groups is 1. The molecule has 0 saturated carbocycles. The molecule has 0 radical (unpaired) electrons. The number of anilines is 3. The molecule has 0 atom stereocenters. The van der Waals surface area contributed by atoms with Crippen molar-refractivity contribution >= 4 is 23.2 Å². The highest BCUT2D eigenvalue weighted by molar-refractivity contribution is 5.82. The first-order chi connectivity index (χ1) is 11.2. The Labute approximate surface area is 135 Å². The number of benzene rings is 1. The molecule has 7 nitrogen and oxygen atoms in total. The first kappa shape index (κ1) is 16.5. The number of nitrogen functional groups attached to an aromatic ring is 1. The summed E-state index contributed by atoms with van der Waals surface area (Å²) in [5, 5.41) is 0. The molecule has 122 valence electrons. The highest BCUT2D eigenvalue weighted by atomic mass is 16.2. The second kappa shape index (κ2) is 7.98. The van der Waals surface area contributed by atoms with Crippen molar-refractivity contribution in [1.29, 1.82) is 0 Å². The van der Waals surface area contributed by atoms with Gasteiger partial charge in [-0.3, -0.25) is 15.6 Å². The lowest BCUT2D eigenvalue weighted by Gasteiger charge is -2.22. The number of carbonyl (C=O) groups excluding carboxylic acids is 1. The Balaban J connectivity index is 2.00. The molecule has 1 aromatic heterocycles. The van der Waals surface area contributed by atoms with Crippen LogP contribution in [0, 0.1) is 0 Å². The fourth-order valence-corrected chi connectivity index (χ4v) is 2.22. The minimum absolute atomic E-state index is 0.168. The standard InChI is InChI=1S/C16H22N6O/c1-3-22(4-2)16-14(17)15(18-11-19-16)21-20-13(23)10-12-8-6-5-7-9-12/h5-9,11H,3-4,10,17H2,1-2H3,(H,20,23)(H,18,19,21). The number of hydrogen-bond donors (Lipinski definition) is 3. The molecule has 1 amide bonds. The van der Waals surface area contributed by atoms with Crippen molar-refractivity contribution in [3.05, 3.63) is 42.2 Å². The van der Waals surface area contributed by atoms with Gasteiger partial charge in [0.05, 0.1) is 6.42 Å². The van der Waals surface area contributed by atoms with Crippen molar-refractivity contribution in [1.82, 2.24) is 15.4 Å². The summed E-state index contributed by atoms with van der Waals surface area (Å²) < 4.78 is 0. The molecule has 1 aromatic carbocycles. The molecule has 1 heterocycles. The van der Waals surface area contributed by atoms with Crippen LogP contribution in [0.3, 0.4) is 0 Å². The molecular weight excluding hydrogens is 292 g/mol. The van der Waals surface area contributed by atoms with Crippen molar-refractivity contribution in [3.63, 3.8) is 0 Å². The molecule has 0 spiro atoms. The minimum Gasteiger partial charge on any atom is -0.393 e. The zero-order chi connectivity index (χ0) is 16.7. The van der Waals surface area contributed by atoms with Crippen molar-refractivity contribution in [2.45, 2.75) is 20.3 Å². The van der Waals surface area contributed by atoms with Gasteiger partial charge in [0.1, 0.15) is 12.0 Å². The van der Waals surface area contributed by atoms with Crippen LogP contribution in [-0.2, 0) is 11.2 Å². The topological polar surface area (TPSA) is 96.2 Å². The summed E-state index contributed by atoms with van der Waals surface area (Å²) in [4.78, 5) is 22.3. The van der Waals surface area contributed by atoms with E-state index in [-0.39, 0.29) is 12.3 Å². The number of nitrogens with zero attached hydrogens (tertiary/aromatic N) is 3. The quantitative estimate of drug-likeness (QED) is 0.672. The summed E-state index contributed by atoms with van der Waals surface area (Å²) in [5.41, 5.74) is 12.8. The van der Waals surface area contributed by atoms with E-state index in [4.69, 9.17) is 5.73 Å². The van der Waals surface area contributed by atoms with Gasteiger partial charge in [-0.15, -0.1) is 0 Å². The maximum absolute atomic E-state index is 12.0. The predicted molar refractivity (Wildman–Crippen MR) is 91.9 cm³/mol. The summed E-state index contributed by atoms with van der Waals surface area (Å²) in [7, 11) is 0. The van der Waals surface area contributed by atoms with Gasteiger partial charge >= 0.3 is 0 Å². The van der Waals surface area contributed by atoms with Gasteiger partial charge < -0.3 is 10.6 Å². The molecule has 4 N–H and O–H groups in total. The monoisotopic (exact) mass is 314 g/mol. The maximum atomic E-state index is 12.0. The molecule has 23 heavy (non-hydrogen) atoms. The first-order valence-electron chi connectivity index (χ1n) is 7.59. The van der Waals surface area contributed by atoms with Crippen LogP contribution in [0.1, 0.15) is 19.4 Å². The molecule has 0 fully saturated rings. The normalized spacial score (nSPS) is 10.2. The summed E-state index contributed by atoms with van der Waals surface area (Å²) in [6.07, 6.45) is 1.71. The molecular formula is C16H22N6O. The van der Waals surface area contributed by atoms with Crippen LogP contribution in [0.15, 0.2) is 36.7 Å². The van der Waals surface area contributed by atoms with Crippen LogP contribution in [0.5, 0.6) is 0 Å². The Hall–Kier alpha value is -2.83. The molecule has 0 saturated heterocycles. The van der Waals surface area contributed by atoms with E-state index in [1.807, 2.05) is 49.1 Å². The highest BCUT2D eigenvalue weighted by Gasteiger charge is 2.13. The van der Waals surface area contributed by atoms with Crippen LogP contribution in [0.4, 0.5) is 17.3 Å². The lowest BCUT2D eigenvalue weighted by atomic mass is 10.1. The lowest BCUT2D eigenvalue weighted by Crippen LogP contribution is -2.32. The van der Waals surface area contributed by atoms with Gasteiger partial charge in [0.25, 0.3) is 0 Å². The van der Waals surface area contributed by atoms with Gasteiger partial charge in [0.15, 0.2) is 11.6 Å². The third kappa shape index (κ3) is 4.32. The maximum Gasteiger partial charge on any atom is 0.242 e. The van der Waals surface area contributed by atoms with E-state index in [1.54, 1.807) is 0 Å². The summed E-state index contributed by atoms with van der Waals surface area (Å²) in [5.74, 6) is 0.881. The second-order valence-electron chi connectivity index (χ2n) is 4.97. The Morgan fingerprint density at radius 2 is 1.87 bits per heavy atom. The third-order valence-electron chi connectivity index (χ3n) is 3.45. The highest BCUT2D eigenvalue weighted by Crippen LogP contribution is 2.25. The zero-order valence-electron chi connectivity index (χ0n) is 13.4. The predicted octanol–water partition coefficient (Wildman–Crippen LogP) is 1.59. The van der Waals surface area contributed by atoms with E-state index in [0.717, 1.165) is 18.7 Å². The number of aromatic nitrogens is 2. The fraction of sp³-hybridized carbons (Fsp3) is 0.312. The van der Waals surface area contributed by atoms with Gasteiger partial charge in [-0.1, -0.05) is 30.3 Å². The van der Waals surface area contributed by atoms with Gasteiger partial charge in [0.2, 0.25) is 5.91 Å². The Kier molecular flexibility index (Phi) is 5.74. The van der Waals surface area contributed by atoms with Crippen LogP contribution in [0.25, 0.3) is 0 Å². The lowest BCUT2D eigenvalue weighted by molar-refractivity contribution is -0.119. The number of carbonyl (C=O) groups is 1. The van der Waals surface area contributed by atoms with Crippen molar-refractivity contribution in [2.24, 2.45) is 0 Å². The van der Waals surface area contributed by atoms with E-state index in [2.05, 4.69) is 20.8 Å². The number of rotatable bonds is 7. The van der Waals surface area contributed by atoms with Crippen LogP contribution >= 0.6 is 0 Å². The molecule has 0 aliphatic heterocycles. The SMILES string of the molecule is CCN(CC)c1ncnc(NNC(=O)Cc2ccccc2)c1N. The zero-order valence-corrected chi connectivity index (χ0v) is 13.4. The van der Waals surface area contributed by atoms with Crippen LogP contribution < -0.4 is 21.5 Å². The summed E-state index contributed by atoms with van der Waals surface area (Å²) in [6.45, 7) is 5.63. The van der Waals surface area contributed by atoms with E-state index in [1.165, 1.54) is 6.33 Å². The smallest absolute Gasteiger partial charge is 0.242 e. The Bertz CT molecular complexity index is 642. The summed E-state index contributed by atoms with van der Waals surface area (Å²) in [6, 6.07) is 9.51. The largest absolute Gasteiger partial charge is 0.393 e. The molecule has 0 bridgehead atoms. The average molecular weight is 314 g/mol. The van der Waals surface area contributed by atoms with E-state index < -0.39 is 0 Å². The second-order valence-corrected chi connectivity index (χ2v) is 4.97. The van der Waals surface area contributed by atoms with Gasteiger partial charge in [0, 0.05) is 13.1 Å². The van der Waals surface area contributed by atoms with E-state index in [0.29, 0.717) is 17.3 Å². The molecule has 0 aliphatic rings. The minimum atomic E-state index is -0.168. The van der Waals surface area contributed by atoms with Crippen LogP contribution in [0.2, 0.25) is 0 Å². The molecule has 0 unspecified atom stereocenters. The third-order valence-corrected chi connectivity index (χ3v) is 3.45. The Morgan fingerprint density at radius 3 is 2.52 bits per heavy atom. The fourth-order valence-electron chi connectivity index (χ4n) is 2.22. The van der Waals surface area contributed by atoms with Gasteiger partial charge in [-0.05, 0) is 19.4 Å². The number of hydrogen-bond acceptors (Lipinski definition) is 6. The first-order valence-corrected chi connectivity index (χ1v) is 7.59. The van der Waals surface area contributed by atoms with Crippen molar-refractivity contribution in [2.75, 3.05) is 29.1 Å². The van der Waals surface area contributed by atoms with Crippen molar-refractivity contribution < 1.29 is 4.79 Å².